The average molecular weight is 298 g/mol. The Morgan fingerprint density at radius 3 is 2.50 bits per heavy atom. The summed E-state index contributed by atoms with van der Waals surface area (Å²) < 4.78 is 5.21. The minimum Gasteiger partial charge on any atom is -0.497 e. The Morgan fingerprint density at radius 2 is 1.86 bits per heavy atom. The third kappa shape index (κ3) is 3.46. The monoisotopic (exact) mass is 298 g/mol. The van der Waals surface area contributed by atoms with Gasteiger partial charge in [0.2, 0.25) is 5.91 Å². The third-order valence-electron chi connectivity index (χ3n) is 3.72. The van der Waals surface area contributed by atoms with Crippen LogP contribution in [0.15, 0.2) is 54.6 Å². The van der Waals surface area contributed by atoms with Gasteiger partial charge in [0, 0.05) is 13.6 Å². The summed E-state index contributed by atoms with van der Waals surface area (Å²) in [5.74, 6) is 0.651. The molecule has 116 valence electrons. The molecule has 0 aliphatic rings. The maximum absolute atomic E-state index is 12.7. The van der Waals surface area contributed by atoms with E-state index < -0.39 is 5.54 Å². The van der Waals surface area contributed by atoms with Crippen LogP contribution in [0, 0.1) is 0 Å². The fraction of sp³-hybridized carbons (Fsp3) is 0.278. The molecule has 1 amide bonds. The largest absolute Gasteiger partial charge is 0.497 e. The maximum Gasteiger partial charge on any atom is 0.247 e. The van der Waals surface area contributed by atoms with Crippen LogP contribution in [-0.2, 0) is 16.9 Å². The van der Waals surface area contributed by atoms with Crippen molar-refractivity contribution < 1.29 is 9.53 Å². The molecule has 0 spiro atoms. The molecular formula is C18H22N2O2. The molecule has 0 aliphatic heterocycles. The van der Waals surface area contributed by atoms with Gasteiger partial charge in [-0.25, -0.2) is 0 Å². The Balaban J connectivity index is 2.14. The zero-order chi connectivity index (χ0) is 16.2. The molecule has 4 heteroatoms. The predicted molar refractivity (Wildman–Crippen MR) is 87.4 cm³/mol. The van der Waals surface area contributed by atoms with Gasteiger partial charge < -0.3 is 15.4 Å². The first-order valence-corrected chi connectivity index (χ1v) is 7.18. The Kier molecular flexibility index (Phi) is 4.83. The van der Waals surface area contributed by atoms with Crippen molar-refractivity contribution in [3.05, 3.63) is 65.7 Å². The molecule has 2 rings (SSSR count). The second-order valence-electron chi connectivity index (χ2n) is 5.58. The van der Waals surface area contributed by atoms with Crippen LogP contribution in [0.2, 0.25) is 0 Å². The van der Waals surface area contributed by atoms with E-state index in [1.54, 1.807) is 26.0 Å². The summed E-state index contributed by atoms with van der Waals surface area (Å²) in [4.78, 5) is 14.3. The first kappa shape index (κ1) is 16.0. The summed E-state index contributed by atoms with van der Waals surface area (Å²) in [6.07, 6.45) is 0. The van der Waals surface area contributed by atoms with Gasteiger partial charge in [-0.2, -0.15) is 0 Å². The fourth-order valence-electron chi connectivity index (χ4n) is 2.42. The molecule has 0 fully saturated rings. The Bertz CT molecular complexity index is 639. The fourth-order valence-corrected chi connectivity index (χ4v) is 2.42. The van der Waals surface area contributed by atoms with Crippen molar-refractivity contribution in [1.82, 2.24) is 4.90 Å². The number of likely N-dealkylation sites (N-methyl/N-ethyl adjacent to an activating group) is 1. The van der Waals surface area contributed by atoms with E-state index in [0.29, 0.717) is 6.54 Å². The lowest BCUT2D eigenvalue weighted by Gasteiger charge is -2.29. The molecule has 0 saturated heterocycles. The predicted octanol–water partition coefficient (Wildman–Crippen LogP) is 2.53. The number of hydrogen-bond donors (Lipinski definition) is 1. The number of benzene rings is 2. The number of hydrogen-bond acceptors (Lipinski definition) is 3. The summed E-state index contributed by atoms with van der Waals surface area (Å²) >= 11 is 0. The number of carbonyl (C=O) groups excluding carboxylic acids is 1. The molecule has 2 N–H and O–H groups in total. The first-order chi connectivity index (χ1) is 10.4. The molecular weight excluding hydrogens is 276 g/mol. The Morgan fingerprint density at radius 1 is 1.18 bits per heavy atom. The second-order valence-corrected chi connectivity index (χ2v) is 5.58. The average Bonchev–Trinajstić information content (AvgIpc) is 2.55. The molecule has 0 radical (unpaired) electrons. The van der Waals surface area contributed by atoms with Crippen molar-refractivity contribution >= 4 is 5.91 Å². The Hall–Kier alpha value is -2.33. The molecule has 0 aromatic heterocycles. The molecule has 0 bridgehead atoms. The van der Waals surface area contributed by atoms with Crippen LogP contribution in [0.5, 0.6) is 5.75 Å². The van der Waals surface area contributed by atoms with Crippen LogP contribution in [0.1, 0.15) is 18.1 Å². The van der Waals surface area contributed by atoms with E-state index in [9.17, 15) is 4.79 Å². The molecule has 0 heterocycles. The number of methoxy groups -OCH3 is 1. The van der Waals surface area contributed by atoms with E-state index in [0.717, 1.165) is 16.9 Å². The highest BCUT2D eigenvalue weighted by molar-refractivity contribution is 5.86. The van der Waals surface area contributed by atoms with E-state index in [1.807, 2.05) is 54.6 Å². The van der Waals surface area contributed by atoms with Gasteiger partial charge in [-0.3, -0.25) is 4.79 Å². The van der Waals surface area contributed by atoms with Crippen molar-refractivity contribution in [2.45, 2.75) is 19.0 Å². The van der Waals surface area contributed by atoms with Gasteiger partial charge in [-0.15, -0.1) is 0 Å². The van der Waals surface area contributed by atoms with Gasteiger partial charge in [-0.1, -0.05) is 42.5 Å². The molecule has 4 nitrogen and oxygen atoms in total. The number of nitrogens with two attached hydrogens (primary N) is 1. The van der Waals surface area contributed by atoms with Crippen molar-refractivity contribution in [3.63, 3.8) is 0 Å². The van der Waals surface area contributed by atoms with Crippen molar-refractivity contribution in [2.75, 3.05) is 14.2 Å². The van der Waals surface area contributed by atoms with Gasteiger partial charge >= 0.3 is 0 Å². The number of ether oxygens (including phenoxy) is 1. The van der Waals surface area contributed by atoms with Gasteiger partial charge in [0.1, 0.15) is 11.3 Å². The van der Waals surface area contributed by atoms with E-state index in [1.165, 1.54) is 0 Å². The van der Waals surface area contributed by atoms with Crippen LogP contribution in [0.4, 0.5) is 0 Å². The zero-order valence-electron chi connectivity index (χ0n) is 13.2. The molecule has 2 aromatic carbocycles. The lowest BCUT2D eigenvalue weighted by Crippen LogP contribution is -2.49. The summed E-state index contributed by atoms with van der Waals surface area (Å²) in [6.45, 7) is 2.22. The normalized spacial score (nSPS) is 13.3. The summed E-state index contributed by atoms with van der Waals surface area (Å²) in [5.41, 5.74) is 7.03. The standard InChI is InChI=1S/C18H22N2O2/c1-18(19,15-9-5-4-6-10-15)17(21)20(2)13-14-8-7-11-16(12-14)22-3/h4-12H,13,19H2,1-3H3. The van der Waals surface area contributed by atoms with Gasteiger partial charge in [0.25, 0.3) is 0 Å². The number of carbonyl (C=O) groups is 1. The van der Waals surface area contributed by atoms with E-state index in [4.69, 9.17) is 10.5 Å². The lowest BCUT2D eigenvalue weighted by molar-refractivity contribution is -0.136. The number of rotatable bonds is 5. The van der Waals surface area contributed by atoms with Crippen LogP contribution in [0.3, 0.4) is 0 Å². The first-order valence-electron chi connectivity index (χ1n) is 7.18. The Labute approximate surface area is 131 Å². The molecule has 22 heavy (non-hydrogen) atoms. The van der Waals surface area contributed by atoms with Crippen molar-refractivity contribution in [3.8, 4) is 5.75 Å². The molecule has 0 aliphatic carbocycles. The van der Waals surface area contributed by atoms with Crippen LogP contribution in [0.25, 0.3) is 0 Å². The summed E-state index contributed by atoms with van der Waals surface area (Å²) in [5, 5.41) is 0. The van der Waals surface area contributed by atoms with Gasteiger partial charge in [-0.05, 0) is 30.2 Å². The van der Waals surface area contributed by atoms with E-state index >= 15 is 0 Å². The van der Waals surface area contributed by atoms with Crippen molar-refractivity contribution in [1.29, 1.82) is 0 Å². The van der Waals surface area contributed by atoms with Crippen LogP contribution in [-0.4, -0.2) is 25.0 Å². The van der Waals surface area contributed by atoms with E-state index in [2.05, 4.69) is 0 Å². The van der Waals surface area contributed by atoms with Gasteiger partial charge in [0.05, 0.1) is 7.11 Å². The summed E-state index contributed by atoms with van der Waals surface area (Å²) in [6, 6.07) is 17.1. The highest BCUT2D eigenvalue weighted by atomic mass is 16.5. The summed E-state index contributed by atoms with van der Waals surface area (Å²) in [7, 11) is 3.39. The minimum atomic E-state index is -1.05. The van der Waals surface area contributed by atoms with Crippen LogP contribution < -0.4 is 10.5 Å². The number of nitrogens with zero attached hydrogens (tertiary/aromatic N) is 1. The SMILES string of the molecule is COc1cccc(CN(C)C(=O)C(C)(N)c2ccccc2)c1. The number of amides is 1. The smallest absolute Gasteiger partial charge is 0.247 e. The highest BCUT2D eigenvalue weighted by Crippen LogP contribution is 2.21. The third-order valence-corrected chi connectivity index (χ3v) is 3.72. The molecule has 1 atom stereocenters. The lowest BCUT2D eigenvalue weighted by atomic mass is 9.91. The highest BCUT2D eigenvalue weighted by Gasteiger charge is 2.32. The van der Waals surface area contributed by atoms with Crippen LogP contribution >= 0.6 is 0 Å². The molecule has 1 unspecified atom stereocenters. The van der Waals surface area contributed by atoms with Crippen molar-refractivity contribution in [2.24, 2.45) is 5.73 Å². The van der Waals surface area contributed by atoms with E-state index in [-0.39, 0.29) is 5.91 Å². The quantitative estimate of drug-likeness (QED) is 0.923. The topological polar surface area (TPSA) is 55.6 Å². The molecule has 2 aromatic rings. The van der Waals surface area contributed by atoms with Gasteiger partial charge in [0.15, 0.2) is 0 Å². The molecule has 0 saturated carbocycles. The zero-order valence-corrected chi connectivity index (χ0v) is 13.2. The minimum absolute atomic E-state index is 0.124. The maximum atomic E-state index is 12.7. The second kappa shape index (κ2) is 6.62.